The Balaban J connectivity index is 1.82. The van der Waals surface area contributed by atoms with Crippen molar-refractivity contribution in [2.75, 3.05) is 5.75 Å². The van der Waals surface area contributed by atoms with E-state index < -0.39 is 0 Å². The minimum Gasteiger partial charge on any atom is -0.350 e. The summed E-state index contributed by atoms with van der Waals surface area (Å²) in [4.78, 5) is 12.2. The summed E-state index contributed by atoms with van der Waals surface area (Å²) in [5, 5.41) is 1.19. The van der Waals surface area contributed by atoms with Crippen LogP contribution in [-0.2, 0) is 7.05 Å². The second-order valence-corrected chi connectivity index (χ2v) is 7.28. The van der Waals surface area contributed by atoms with E-state index in [0.717, 1.165) is 17.9 Å². The zero-order valence-electron chi connectivity index (χ0n) is 13.8. The van der Waals surface area contributed by atoms with Crippen molar-refractivity contribution >= 4 is 16.9 Å². The maximum atomic E-state index is 5.06. The lowest BCUT2D eigenvalue weighted by molar-refractivity contribution is 0.247. The predicted octanol–water partition coefficient (Wildman–Crippen LogP) is 3.71. The Bertz CT molecular complexity index is 737. The Hall–Kier alpha value is -1.75. The fourth-order valence-electron chi connectivity index (χ4n) is 3.60. The quantitative estimate of drug-likeness (QED) is 0.862. The van der Waals surface area contributed by atoms with Crippen LogP contribution in [-0.4, -0.2) is 31.4 Å². The molecule has 0 N–H and O–H groups in total. The number of amidine groups is 1. The Morgan fingerprint density at radius 3 is 2.78 bits per heavy atom. The fraction of sp³-hybridized carbons (Fsp3) is 0.444. The highest BCUT2D eigenvalue weighted by Gasteiger charge is 2.46. The molecule has 3 atom stereocenters. The first-order valence-corrected chi connectivity index (χ1v) is 9.21. The first-order chi connectivity index (χ1) is 11.2. The van der Waals surface area contributed by atoms with Crippen LogP contribution in [0.25, 0.3) is 0 Å². The number of nitrogens with zero attached hydrogens (tertiary/aromatic N) is 4. The molecule has 0 aliphatic carbocycles. The van der Waals surface area contributed by atoms with Crippen LogP contribution in [0.4, 0.5) is 0 Å². The third kappa shape index (κ3) is 2.29. The van der Waals surface area contributed by atoms with Gasteiger partial charge in [0.1, 0.15) is 6.04 Å². The van der Waals surface area contributed by atoms with E-state index in [9.17, 15) is 0 Å². The number of aliphatic imine (C=N–C) groups is 1. The Morgan fingerprint density at radius 2 is 2.13 bits per heavy atom. The topological polar surface area (TPSA) is 33.4 Å². The summed E-state index contributed by atoms with van der Waals surface area (Å²) < 4.78 is 2.30. The van der Waals surface area contributed by atoms with Gasteiger partial charge in [-0.1, -0.05) is 24.8 Å². The molecule has 0 bridgehead atoms. The lowest BCUT2D eigenvalue weighted by atomic mass is 9.99. The van der Waals surface area contributed by atoms with Crippen LogP contribution in [0.1, 0.15) is 42.5 Å². The van der Waals surface area contributed by atoms with E-state index >= 15 is 0 Å². The highest BCUT2D eigenvalue weighted by Crippen LogP contribution is 2.48. The molecule has 0 saturated carbocycles. The van der Waals surface area contributed by atoms with E-state index in [-0.39, 0.29) is 12.1 Å². The molecule has 0 radical (unpaired) electrons. The third-order valence-corrected chi connectivity index (χ3v) is 6.17. The molecule has 23 heavy (non-hydrogen) atoms. The van der Waals surface area contributed by atoms with Gasteiger partial charge in [0.2, 0.25) is 0 Å². The van der Waals surface area contributed by atoms with Gasteiger partial charge < -0.3 is 9.47 Å². The average Bonchev–Trinajstić information content (AvgIpc) is 3.23. The van der Waals surface area contributed by atoms with E-state index in [1.807, 2.05) is 24.0 Å². The largest absolute Gasteiger partial charge is 0.350 e. The molecule has 0 spiro atoms. The van der Waals surface area contributed by atoms with Gasteiger partial charge in [0.15, 0.2) is 5.17 Å². The molecule has 5 heteroatoms. The van der Waals surface area contributed by atoms with E-state index in [0.29, 0.717) is 6.04 Å². The highest BCUT2D eigenvalue weighted by atomic mass is 32.2. The standard InChI is InChI=1S/C18H22N4S/c1-4-13-11-23-18-20-16(14-7-5-6-10-19-14)17(22(13)18)15-9-8-12(2)21(15)3/h5-10,13,16-17H,4,11H2,1-3H3. The van der Waals surface area contributed by atoms with Crippen LogP contribution in [0.3, 0.4) is 0 Å². The summed E-state index contributed by atoms with van der Waals surface area (Å²) in [6.07, 6.45) is 3.03. The number of hydrogen-bond donors (Lipinski definition) is 0. The minimum atomic E-state index is 0.0843. The summed E-state index contributed by atoms with van der Waals surface area (Å²) >= 11 is 1.89. The number of rotatable bonds is 3. The maximum absolute atomic E-state index is 5.06. The lowest BCUT2D eigenvalue weighted by Gasteiger charge is -2.32. The van der Waals surface area contributed by atoms with Crippen LogP contribution in [0.15, 0.2) is 41.5 Å². The van der Waals surface area contributed by atoms with Crippen molar-refractivity contribution in [2.45, 2.75) is 38.4 Å². The van der Waals surface area contributed by atoms with E-state index in [2.05, 4.69) is 59.6 Å². The van der Waals surface area contributed by atoms with Crippen molar-refractivity contribution in [1.82, 2.24) is 14.5 Å². The highest BCUT2D eigenvalue weighted by molar-refractivity contribution is 8.14. The SMILES string of the molecule is CCC1CSC2=NC(c3ccccn3)C(c3ccc(C)n3C)N21. The van der Waals surface area contributed by atoms with Crippen molar-refractivity contribution in [3.63, 3.8) is 0 Å². The van der Waals surface area contributed by atoms with E-state index in [4.69, 9.17) is 4.99 Å². The minimum absolute atomic E-state index is 0.0843. The molecule has 4 nitrogen and oxygen atoms in total. The summed E-state index contributed by atoms with van der Waals surface area (Å²) in [7, 11) is 2.16. The first-order valence-electron chi connectivity index (χ1n) is 8.22. The van der Waals surface area contributed by atoms with Crippen LogP contribution in [0, 0.1) is 6.92 Å². The molecule has 0 aromatic carbocycles. The van der Waals surface area contributed by atoms with Crippen LogP contribution in [0.2, 0.25) is 0 Å². The molecule has 120 valence electrons. The number of thioether (sulfide) groups is 1. The number of aromatic nitrogens is 2. The molecule has 3 unspecified atom stereocenters. The van der Waals surface area contributed by atoms with Crippen molar-refractivity contribution < 1.29 is 0 Å². The summed E-state index contributed by atoms with van der Waals surface area (Å²) in [5.41, 5.74) is 3.68. The molecule has 4 rings (SSSR count). The molecule has 2 aliphatic rings. The normalized spacial score (nSPS) is 26.5. The monoisotopic (exact) mass is 326 g/mol. The van der Waals surface area contributed by atoms with Gasteiger partial charge >= 0.3 is 0 Å². The molecule has 1 fully saturated rings. The average molecular weight is 326 g/mol. The number of hydrogen-bond acceptors (Lipinski definition) is 4. The van der Waals surface area contributed by atoms with Crippen LogP contribution >= 0.6 is 11.8 Å². The zero-order chi connectivity index (χ0) is 16.0. The van der Waals surface area contributed by atoms with Gasteiger partial charge in [-0.05, 0) is 37.6 Å². The van der Waals surface area contributed by atoms with Crippen molar-refractivity contribution in [2.24, 2.45) is 12.0 Å². The molecule has 0 amide bonds. The Kier molecular flexibility index (Phi) is 3.68. The van der Waals surface area contributed by atoms with Crippen LogP contribution < -0.4 is 0 Å². The van der Waals surface area contributed by atoms with Crippen molar-refractivity contribution in [3.8, 4) is 0 Å². The van der Waals surface area contributed by atoms with E-state index in [1.165, 1.54) is 16.6 Å². The smallest absolute Gasteiger partial charge is 0.160 e. The van der Waals surface area contributed by atoms with Gasteiger partial charge in [0.25, 0.3) is 0 Å². The molecule has 2 aromatic rings. The number of pyridine rings is 1. The molecule has 2 aromatic heterocycles. The number of aryl methyl sites for hydroxylation is 1. The van der Waals surface area contributed by atoms with Gasteiger partial charge in [-0.2, -0.15) is 0 Å². The van der Waals surface area contributed by atoms with Crippen molar-refractivity contribution in [3.05, 3.63) is 53.6 Å². The summed E-state index contributed by atoms with van der Waals surface area (Å²) in [6, 6.07) is 11.5. The van der Waals surface area contributed by atoms with Gasteiger partial charge in [-0.15, -0.1) is 0 Å². The van der Waals surface area contributed by atoms with Crippen molar-refractivity contribution in [1.29, 1.82) is 0 Å². The number of fused-ring (bicyclic) bond motifs is 1. The maximum Gasteiger partial charge on any atom is 0.160 e. The Morgan fingerprint density at radius 1 is 1.26 bits per heavy atom. The summed E-state index contributed by atoms with van der Waals surface area (Å²) in [6.45, 7) is 4.43. The van der Waals surface area contributed by atoms with Gasteiger partial charge in [0.05, 0.1) is 11.7 Å². The Labute approximate surface area is 141 Å². The molecular formula is C18H22N4S. The molecule has 1 saturated heterocycles. The molecule has 4 heterocycles. The van der Waals surface area contributed by atoms with Crippen LogP contribution in [0.5, 0.6) is 0 Å². The zero-order valence-corrected chi connectivity index (χ0v) is 14.6. The first kappa shape index (κ1) is 14.8. The second kappa shape index (κ2) is 5.71. The summed E-state index contributed by atoms with van der Waals surface area (Å²) in [5.74, 6) is 1.14. The fourth-order valence-corrected chi connectivity index (χ4v) is 4.94. The van der Waals surface area contributed by atoms with Gasteiger partial charge in [-0.3, -0.25) is 9.98 Å². The molecular weight excluding hydrogens is 304 g/mol. The second-order valence-electron chi connectivity index (χ2n) is 6.29. The van der Waals surface area contributed by atoms with Gasteiger partial charge in [-0.25, -0.2) is 0 Å². The van der Waals surface area contributed by atoms with E-state index in [1.54, 1.807) is 0 Å². The van der Waals surface area contributed by atoms with Gasteiger partial charge in [0, 0.05) is 36.4 Å². The molecule has 2 aliphatic heterocycles. The lowest BCUT2D eigenvalue weighted by Crippen LogP contribution is -2.36. The predicted molar refractivity (Wildman–Crippen MR) is 95.7 cm³/mol. The third-order valence-electron chi connectivity index (χ3n) is 5.04.